The largest absolute Gasteiger partial charge is 0.365 e. The van der Waals surface area contributed by atoms with Crippen molar-refractivity contribution >= 4 is 28.7 Å². The van der Waals surface area contributed by atoms with Crippen LogP contribution >= 0.6 is 11.3 Å². The summed E-state index contributed by atoms with van der Waals surface area (Å²) in [5.41, 5.74) is 9.91. The molecular formula is C24H25FN4O2S. The maximum absolute atomic E-state index is 13.5. The van der Waals surface area contributed by atoms with Crippen molar-refractivity contribution in [3.8, 4) is 10.4 Å². The van der Waals surface area contributed by atoms with Gasteiger partial charge in [-0.05, 0) is 43.2 Å². The number of nitrogens with zero attached hydrogens (tertiary/aromatic N) is 2. The highest BCUT2D eigenvalue weighted by Gasteiger charge is 2.26. The summed E-state index contributed by atoms with van der Waals surface area (Å²) in [6.45, 7) is 2.50. The van der Waals surface area contributed by atoms with Gasteiger partial charge in [-0.1, -0.05) is 12.1 Å². The third-order valence-electron chi connectivity index (χ3n) is 5.58. The first kappa shape index (κ1) is 22.1. The zero-order valence-corrected chi connectivity index (χ0v) is 18.8. The molecule has 166 valence electrons. The van der Waals surface area contributed by atoms with E-state index in [1.165, 1.54) is 23.5 Å². The van der Waals surface area contributed by atoms with E-state index in [1.54, 1.807) is 12.3 Å². The number of anilines is 1. The molecule has 3 heterocycles. The zero-order chi connectivity index (χ0) is 22.8. The molecule has 1 amide bonds. The van der Waals surface area contributed by atoms with Gasteiger partial charge in [0.15, 0.2) is 5.78 Å². The van der Waals surface area contributed by atoms with Crippen LogP contribution in [0, 0.1) is 12.7 Å². The SMILES string of the molecule is Cc1sc(-c2ccnc3c2N(C)CC(=O)C3)cc1C(=O)N[C@H](CN)Cc1cccc(F)c1. The normalized spacial score (nSPS) is 14.2. The molecule has 0 saturated carbocycles. The maximum atomic E-state index is 13.5. The Morgan fingerprint density at radius 2 is 2.16 bits per heavy atom. The average molecular weight is 453 g/mol. The molecule has 0 unspecified atom stereocenters. The van der Waals surface area contributed by atoms with Crippen molar-refractivity contribution in [2.24, 2.45) is 5.73 Å². The Kier molecular flexibility index (Phi) is 6.34. The predicted molar refractivity (Wildman–Crippen MR) is 125 cm³/mol. The summed E-state index contributed by atoms with van der Waals surface area (Å²) in [4.78, 5) is 33.1. The minimum Gasteiger partial charge on any atom is -0.365 e. The number of Topliss-reactive ketones (excluding diaryl/α,β-unsaturated/α-hetero) is 1. The zero-order valence-electron chi connectivity index (χ0n) is 18.0. The molecule has 1 atom stereocenters. The number of hydrogen-bond donors (Lipinski definition) is 2. The van der Waals surface area contributed by atoms with E-state index in [0.29, 0.717) is 24.9 Å². The Balaban J connectivity index is 1.57. The van der Waals surface area contributed by atoms with Crippen LogP contribution in [0.2, 0.25) is 0 Å². The van der Waals surface area contributed by atoms with Crippen LogP contribution < -0.4 is 16.0 Å². The number of halogens is 1. The van der Waals surface area contributed by atoms with E-state index in [9.17, 15) is 14.0 Å². The Bertz CT molecular complexity index is 1180. The molecule has 4 rings (SSSR count). The molecular weight excluding hydrogens is 427 g/mol. The van der Waals surface area contributed by atoms with Crippen LogP contribution in [-0.4, -0.2) is 42.9 Å². The quantitative estimate of drug-likeness (QED) is 0.600. The van der Waals surface area contributed by atoms with Crippen LogP contribution in [0.1, 0.15) is 26.5 Å². The Morgan fingerprint density at radius 3 is 2.91 bits per heavy atom. The van der Waals surface area contributed by atoms with Gasteiger partial charge in [0.05, 0.1) is 29.9 Å². The molecule has 8 heteroatoms. The third kappa shape index (κ3) is 4.56. The molecule has 0 aliphatic carbocycles. The van der Waals surface area contributed by atoms with Crippen LogP contribution in [0.15, 0.2) is 42.6 Å². The number of nitrogens with two attached hydrogens (primary N) is 1. The summed E-state index contributed by atoms with van der Waals surface area (Å²) in [7, 11) is 1.88. The van der Waals surface area contributed by atoms with E-state index in [2.05, 4.69) is 10.3 Å². The summed E-state index contributed by atoms with van der Waals surface area (Å²) >= 11 is 1.53. The van der Waals surface area contributed by atoms with Gasteiger partial charge in [-0.25, -0.2) is 4.39 Å². The van der Waals surface area contributed by atoms with E-state index in [1.807, 2.05) is 37.1 Å². The first-order chi connectivity index (χ1) is 15.4. The standard InChI is InChI=1S/C24H25FN4O2S/c1-14-20(24(31)28-17(12-26)9-15-4-3-5-16(25)8-15)11-22(32-14)19-6-7-27-21-10-18(30)13-29(2)23(19)21/h3-8,11,17H,9-10,12-13,26H2,1-2H3,(H,28,31)/t17-/m0/s1. The molecule has 32 heavy (non-hydrogen) atoms. The second kappa shape index (κ2) is 9.18. The molecule has 0 saturated heterocycles. The van der Waals surface area contributed by atoms with Crippen molar-refractivity contribution < 1.29 is 14.0 Å². The molecule has 0 fully saturated rings. The Morgan fingerprint density at radius 1 is 1.34 bits per heavy atom. The summed E-state index contributed by atoms with van der Waals surface area (Å²) in [6, 6.07) is 9.81. The number of ketones is 1. The van der Waals surface area contributed by atoms with Crippen molar-refractivity contribution in [3.05, 3.63) is 70.1 Å². The second-order valence-electron chi connectivity index (χ2n) is 8.05. The fourth-order valence-corrected chi connectivity index (χ4v) is 5.13. The molecule has 1 aliphatic rings. The lowest BCUT2D eigenvalue weighted by Gasteiger charge is -2.27. The van der Waals surface area contributed by atoms with Crippen LogP contribution in [0.3, 0.4) is 0 Å². The Labute approximate surface area is 190 Å². The van der Waals surface area contributed by atoms with E-state index < -0.39 is 0 Å². The van der Waals surface area contributed by atoms with Crippen molar-refractivity contribution in [1.82, 2.24) is 10.3 Å². The Hall–Kier alpha value is -3.10. The summed E-state index contributed by atoms with van der Waals surface area (Å²) in [6.07, 6.45) is 2.48. The van der Waals surface area contributed by atoms with Gasteiger partial charge in [0.2, 0.25) is 0 Å². The fourth-order valence-electron chi connectivity index (χ4n) is 4.08. The lowest BCUT2D eigenvalue weighted by Crippen LogP contribution is -2.41. The molecule has 3 N–H and O–H groups in total. The highest BCUT2D eigenvalue weighted by atomic mass is 32.1. The van der Waals surface area contributed by atoms with Crippen molar-refractivity contribution in [2.45, 2.75) is 25.8 Å². The summed E-state index contributed by atoms with van der Waals surface area (Å²) < 4.78 is 13.5. The number of carbonyl (C=O) groups excluding carboxylic acids is 2. The lowest BCUT2D eigenvalue weighted by atomic mass is 10.0. The van der Waals surface area contributed by atoms with Crippen LogP contribution in [0.5, 0.6) is 0 Å². The number of fused-ring (bicyclic) bond motifs is 1. The van der Waals surface area contributed by atoms with Crippen LogP contribution in [0.4, 0.5) is 10.1 Å². The van der Waals surface area contributed by atoms with Gasteiger partial charge in [-0.2, -0.15) is 0 Å². The minimum atomic E-state index is -0.310. The highest BCUT2D eigenvalue weighted by molar-refractivity contribution is 7.15. The van der Waals surface area contributed by atoms with E-state index in [4.69, 9.17) is 5.73 Å². The number of aryl methyl sites for hydroxylation is 1. The number of benzene rings is 1. The first-order valence-corrected chi connectivity index (χ1v) is 11.2. The van der Waals surface area contributed by atoms with E-state index >= 15 is 0 Å². The highest BCUT2D eigenvalue weighted by Crippen LogP contribution is 2.39. The van der Waals surface area contributed by atoms with Gasteiger partial charge in [-0.3, -0.25) is 14.6 Å². The average Bonchev–Trinajstić information content (AvgIpc) is 3.14. The predicted octanol–water partition coefficient (Wildman–Crippen LogP) is 3.12. The van der Waals surface area contributed by atoms with Gasteiger partial charge in [0, 0.05) is 41.1 Å². The van der Waals surface area contributed by atoms with Crippen molar-refractivity contribution in [2.75, 3.05) is 25.0 Å². The van der Waals surface area contributed by atoms with Gasteiger partial charge in [0.1, 0.15) is 5.82 Å². The lowest BCUT2D eigenvalue weighted by molar-refractivity contribution is -0.117. The topological polar surface area (TPSA) is 88.3 Å². The number of rotatable bonds is 6. The van der Waals surface area contributed by atoms with Gasteiger partial charge in [-0.15, -0.1) is 11.3 Å². The summed E-state index contributed by atoms with van der Waals surface area (Å²) in [5.74, 6) is -0.378. The number of hydrogen-bond acceptors (Lipinski definition) is 6. The molecule has 2 aromatic heterocycles. The summed E-state index contributed by atoms with van der Waals surface area (Å²) in [5, 5.41) is 2.99. The molecule has 6 nitrogen and oxygen atoms in total. The number of thiophene rings is 1. The number of pyridine rings is 1. The number of aromatic nitrogens is 1. The maximum Gasteiger partial charge on any atom is 0.252 e. The monoisotopic (exact) mass is 452 g/mol. The molecule has 0 radical (unpaired) electrons. The number of nitrogens with one attached hydrogen (secondary N) is 1. The molecule has 0 spiro atoms. The minimum absolute atomic E-state index is 0.137. The van der Waals surface area contributed by atoms with Crippen LogP contribution in [-0.2, 0) is 17.6 Å². The van der Waals surface area contributed by atoms with Crippen molar-refractivity contribution in [3.63, 3.8) is 0 Å². The van der Waals surface area contributed by atoms with Gasteiger partial charge >= 0.3 is 0 Å². The van der Waals surface area contributed by atoms with Gasteiger partial charge in [0.25, 0.3) is 5.91 Å². The molecule has 0 bridgehead atoms. The number of amides is 1. The van der Waals surface area contributed by atoms with Crippen molar-refractivity contribution in [1.29, 1.82) is 0 Å². The fraction of sp³-hybridized carbons (Fsp3) is 0.292. The van der Waals surface area contributed by atoms with E-state index in [0.717, 1.165) is 32.3 Å². The molecule has 3 aromatic rings. The van der Waals surface area contributed by atoms with E-state index in [-0.39, 0.29) is 30.1 Å². The number of carbonyl (C=O) groups is 2. The smallest absolute Gasteiger partial charge is 0.252 e. The molecule has 1 aliphatic heterocycles. The first-order valence-electron chi connectivity index (χ1n) is 10.4. The second-order valence-corrected chi connectivity index (χ2v) is 9.30. The number of likely N-dealkylation sites (N-methyl/N-ethyl adjacent to an activating group) is 1. The molecule has 1 aromatic carbocycles. The van der Waals surface area contributed by atoms with Crippen LogP contribution in [0.25, 0.3) is 10.4 Å². The van der Waals surface area contributed by atoms with Gasteiger partial charge < -0.3 is 16.0 Å². The third-order valence-corrected chi connectivity index (χ3v) is 6.66.